The normalized spacial score (nSPS) is 15.5. The molecular weight excluding hydrogens is 421 g/mol. The molecule has 0 radical (unpaired) electrons. The molecule has 1 aliphatic rings. The van der Waals surface area contributed by atoms with Crippen molar-refractivity contribution in [1.82, 2.24) is 15.1 Å². The van der Waals surface area contributed by atoms with Crippen LogP contribution in [0.3, 0.4) is 0 Å². The van der Waals surface area contributed by atoms with E-state index in [9.17, 15) is 9.18 Å². The molecule has 1 saturated heterocycles. The lowest BCUT2D eigenvalue weighted by Crippen LogP contribution is -2.43. The highest BCUT2D eigenvalue weighted by Crippen LogP contribution is 2.16. The summed E-state index contributed by atoms with van der Waals surface area (Å²) in [4.78, 5) is 17.0. The van der Waals surface area contributed by atoms with E-state index in [0.717, 1.165) is 38.3 Å². The number of carbonyl (C=O) groups is 1. The van der Waals surface area contributed by atoms with Crippen LogP contribution in [0.25, 0.3) is 0 Å². The van der Waals surface area contributed by atoms with Crippen LogP contribution in [0.1, 0.15) is 23.1 Å². The molecule has 6 heteroatoms. The van der Waals surface area contributed by atoms with E-state index in [1.165, 1.54) is 11.6 Å². The second-order valence-corrected chi connectivity index (χ2v) is 8.33. The summed E-state index contributed by atoms with van der Waals surface area (Å²) in [6, 6.07) is 13.3. The fourth-order valence-corrected chi connectivity index (χ4v) is 3.70. The molecule has 0 unspecified atom stereocenters. The summed E-state index contributed by atoms with van der Waals surface area (Å²) >= 11 is 3.24. The maximum absolute atomic E-state index is 13.8. The summed E-state index contributed by atoms with van der Waals surface area (Å²) in [5.74, 6) is -0.342. The summed E-state index contributed by atoms with van der Waals surface area (Å²) in [6.07, 6.45) is 0.675. The minimum Gasteiger partial charge on any atom is -0.352 e. The zero-order chi connectivity index (χ0) is 19.9. The molecule has 0 saturated carbocycles. The molecule has 28 heavy (non-hydrogen) atoms. The summed E-state index contributed by atoms with van der Waals surface area (Å²) in [7, 11) is 2.16. The van der Waals surface area contributed by atoms with Gasteiger partial charge in [0.2, 0.25) is 5.91 Å². The molecule has 2 aromatic rings. The van der Waals surface area contributed by atoms with E-state index in [0.29, 0.717) is 23.0 Å². The Balaban J connectivity index is 1.45. The number of aryl methyl sites for hydroxylation is 1. The van der Waals surface area contributed by atoms with Gasteiger partial charge in [0.15, 0.2) is 0 Å². The van der Waals surface area contributed by atoms with Gasteiger partial charge in [0, 0.05) is 50.2 Å². The van der Waals surface area contributed by atoms with Gasteiger partial charge in [-0.3, -0.25) is 9.69 Å². The molecule has 0 spiro atoms. The van der Waals surface area contributed by atoms with Crippen LogP contribution in [0.5, 0.6) is 0 Å². The first-order valence-electron chi connectivity index (χ1n) is 9.69. The summed E-state index contributed by atoms with van der Waals surface area (Å²) < 4.78 is 14.5. The van der Waals surface area contributed by atoms with Gasteiger partial charge in [-0.25, -0.2) is 4.39 Å². The van der Waals surface area contributed by atoms with Gasteiger partial charge >= 0.3 is 0 Å². The van der Waals surface area contributed by atoms with E-state index in [1.807, 2.05) is 12.1 Å². The maximum atomic E-state index is 13.8. The Hall–Kier alpha value is -1.76. The highest BCUT2D eigenvalue weighted by atomic mass is 79.9. The topological polar surface area (TPSA) is 35.6 Å². The van der Waals surface area contributed by atoms with Crippen LogP contribution in [0, 0.1) is 5.82 Å². The number of likely N-dealkylation sites (N-methyl/N-ethyl adjacent to an activating group) is 1. The van der Waals surface area contributed by atoms with Crippen LogP contribution in [0.4, 0.5) is 4.39 Å². The number of hydrogen-bond donors (Lipinski definition) is 1. The van der Waals surface area contributed by atoms with Gasteiger partial charge < -0.3 is 10.2 Å². The zero-order valence-corrected chi connectivity index (χ0v) is 17.8. The Morgan fingerprint density at radius 2 is 1.86 bits per heavy atom. The molecular formula is C22H27BrFN3O. The highest BCUT2D eigenvalue weighted by Gasteiger charge is 2.14. The Morgan fingerprint density at radius 1 is 1.11 bits per heavy atom. The predicted molar refractivity (Wildman–Crippen MR) is 113 cm³/mol. The van der Waals surface area contributed by atoms with E-state index in [2.05, 4.69) is 50.2 Å². The molecule has 1 amide bonds. The first-order chi connectivity index (χ1) is 13.5. The molecule has 1 heterocycles. The van der Waals surface area contributed by atoms with Crippen molar-refractivity contribution < 1.29 is 9.18 Å². The van der Waals surface area contributed by atoms with Gasteiger partial charge in [0.05, 0.1) is 0 Å². The average molecular weight is 448 g/mol. The molecule has 0 atom stereocenters. The fraction of sp³-hybridized carbons (Fsp3) is 0.409. The van der Waals surface area contributed by atoms with Crippen molar-refractivity contribution in [2.75, 3.05) is 33.2 Å². The maximum Gasteiger partial charge on any atom is 0.220 e. The minimum atomic E-state index is -0.279. The molecule has 1 aliphatic heterocycles. The highest BCUT2D eigenvalue weighted by molar-refractivity contribution is 9.10. The molecule has 2 aromatic carbocycles. The summed E-state index contributed by atoms with van der Waals surface area (Å²) in [5.41, 5.74) is 2.93. The number of nitrogens with zero attached hydrogens (tertiary/aromatic N) is 2. The predicted octanol–water partition coefficient (Wildman–Crippen LogP) is 3.58. The van der Waals surface area contributed by atoms with E-state index >= 15 is 0 Å². The largest absolute Gasteiger partial charge is 0.352 e. The third-order valence-electron chi connectivity index (χ3n) is 5.12. The second-order valence-electron chi connectivity index (χ2n) is 7.41. The van der Waals surface area contributed by atoms with Gasteiger partial charge in [-0.1, -0.05) is 46.3 Å². The number of benzene rings is 2. The van der Waals surface area contributed by atoms with Gasteiger partial charge in [-0.2, -0.15) is 0 Å². The minimum absolute atomic E-state index is 0.0632. The zero-order valence-electron chi connectivity index (χ0n) is 16.3. The number of amides is 1. The van der Waals surface area contributed by atoms with Gasteiger partial charge in [0.25, 0.3) is 0 Å². The smallest absolute Gasteiger partial charge is 0.220 e. The number of halogens is 2. The quantitative estimate of drug-likeness (QED) is 0.704. The van der Waals surface area contributed by atoms with Crippen molar-refractivity contribution in [3.8, 4) is 0 Å². The number of nitrogens with one attached hydrogen (secondary N) is 1. The van der Waals surface area contributed by atoms with Crippen molar-refractivity contribution >= 4 is 21.8 Å². The standard InChI is InChI=1S/C22H27BrFN3O/c1-26-9-11-27(12-10-26)16-18-4-2-3-17(13-18)15-25-22(28)8-6-19-5-7-20(23)14-21(19)24/h2-5,7,13-14H,6,8-12,15-16H2,1H3,(H,25,28). The first-order valence-corrected chi connectivity index (χ1v) is 10.5. The van der Waals surface area contributed by atoms with Gasteiger partial charge in [-0.15, -0.1) is 0 Å². The third-order valence-corrected chi connectivity index (χ3v) is 5.61. The lowest BCUT2D eigenvalue weighted by atomic mass is 10.1. The Bertz CT molecular complexity index is 806. The molecule has 0 bridgehead atoms. The van der Waals surface area contributed by atoms with Gasteiger partial charge in [-0.05, 0) is 42.3 Å². The van der Waals surface area contributed by atoms with E-state index < -0.39 is 0 Å². The second kappa shape index (κ2) is 10.1. The molecule has 0 aliphatic carbocycles. The molecule has 3 rings (SSSR count). The van der Waals surface area contributed by atoms with Crippen molar-refractivity contribution in [3.05, 3.63) is 69.4 Å². The van der Waals surface area contributed by atoms with Crippen LogP contribution >= 0.6 is 15.9 Å². The Morgan fingerprint density at radius 3 is 2.61 bits per heavy atom. The van der Waals surface area contributed by atoms with E-state index in [4.69, 9.17) is 0 Å². The van der Waals surface area contributed by atoms with E-state index in [1.54, 1.807) is 12.1 Å². The molecule has 0 aromatic heterocycles. The van der Waals surface area contributed by atoms with Crippen molar-refractivity contribution in [2.45, 2.75) is 25.9 Å². The SMILES string of the molecule is CN1CCN(Cc2cccc(CNC(=O)CCc3ccc(Br)cc3F)c2)CC1. The van der Waals surface area contributed by atoms with Crippen LogP contribution in [0.15, 0.2) is 46.9 Å². The van der Waals surface area contributed by atoms with Crippen LogP contribution in [-0.4, -0.2) is 48.9 Å². The fourth-order valence-electron chi connectivity index (χ4n) is 3.36. The molecule has 150 valence electrons. The molecule has 1 fully saturated rings. The summed E-state index contributed by atoms with van der Waals surface area (Å²) in [6.45, 7) is 5.83. The van der Waals surface area contributed by atoms with Crippen molar-refractivity contribution in [2.24, 2.45) is 0 Å². The molecule has 4 nitrogen and oxygen atoms in total. The Kier molecular flexibility index (Phi) is 7.59. The number of carbonyl (C=O) groups excluding carboxylic acids is 1. The Labute approximate surface area is 174 Å². The summed E-state index contributed by atoms with van der Waals surface area (Å²) in [5, 5.41) is 2.95. The van der Waals surface area contributed by atoms with Crippen LogP contribution in [0.2, 0.25) is 0 Å². The monoisotopic (exact) mass is 447 g/mol. The number of piperazine rings is 1. The number of rotatable bonds is 7. The lowest BCUT2D eigenvalue weighted by Gasteiger charge is -2.32. The van der Waals surface area contributed by atoms with E-state index in [-0.39, 0.29) is 18.1 Å². The van der Waals surface area contributed by atoms with Crippen LogP contribution < -0.4 is 5.32 Å². The van der Waals surface area contributed by atoms with Gasteiger partial charge in [0.1, 0.15) is 5.82 Å². The van der Waals surface area contributed by atoms with Crippen molar-refractivity contribution in [3.63, 3.8) is 0 Å². The molecule has 1 N–H and O–H groups in total. The lowest BCUT2D eigenvalue weighted by molar-refractivity contribution is -0.121. The first kappa shape index (κ1) is 21.0. The average Bonchev–Trinajstić information content (AvgIpc) is 2.68. The van der Waals surface area contributed by atoms with Crippen molar-refractivity contribution in [1.29, 1.82) is 0 Å². The number of hydrogen-bond acceptors (Lipinski definition) is 3. The third kappa shape index (κ3) is 6.40. The van der Waals surface area contributed by atoms with Crippen LogP contribution in [-0.2, 0) is 24.3 Å².